The van der Waals surface area contributed by atoms with Crippen molar-refractivity contribution in [3.63, 3.8) is 0 Å². The summed E-state index contributed by atoms with van der Waals surface area (Å²) in [6.45, 7) is 8.66. The Morgan fingerprint density at radius 1 is 1.17 bits per heavy atom. The van der Waals surface area contributed by atoms with Gasteiger partial charge >= 0.3 is 6.09 Å². The number of fused-ring (bicyclic) bond motifs is 1. The molecular weight excluding hydrogens is 454 g/mol. The summed E-state index contributed by atoms with van der Waals surface area (Å²) < 4.78 is 11.5. The van der Waals surface area contributed by atoms with Gasteiger partial charge in [0.15, 0.2) is 0 Å². The minimum Gasteiger partial charge on any atom is -0.444 e. The van der Waals surface area contributed by atoms with Crippen LogP contribution in [0.1, 0.15) is 43.0 Å². The zero-order valence-corrected chi connectivity index (χ0v) is 20.9. The number of hydrogen-bond acceptors (Lipinski definition) is 7. The smallest absolute Gasteiger partial charge is 0.410 e. The van der Waals surface area contributed by atoms with Gasteiger partial charge in [-0.05, 0) is 86.7 Å². The first-order valence-electron chi connectivity index (χ1n) is 11.7. The maximum absolute atomic E-state index is 12.5. The second kappa shape index (κ2) is 10.5. The third kappa shape index (κ3) is 6.39. The van der Waals surface area contributed by atoms with E-state index in [-0.39, 0.29) is 6.09 Å². The lowest BCUT2D eigenvalue weighted by molar-refractivity contribution is 0.0224. The third-order valence-corrected chi connectivity index (χ3v) is 5.52. The van der Waals surface area contributed by atoms with Crippen LogP contribution in [0.15, 0.2) is 54.7 Å². The van der Waals surface area contributed by atoms with Crippen molar-refractivity contribution in [2.75, 3.05) is 11.9 Å². The van der Waals surface area contributed by atoms with Crippen LogP contribution in [-0.4, -0.2) is 33.1 Å². The quantitative estimate of drug-likeness (QED) is 0.434. The fourth-order valence-corrected chi connectivity index (χ4v) is 3.84. The zero-order chi connectivity index (χ0) is 25.7. The molecule has 8 nitrogen and oxygen atoms in total. The van der Waals surface area contributed by atoms with E-state index in [0.717, 1.165) is 28.8 Å². The standard InChI is InChI=1S/C28H29N5O3/c1-19-16-20(6-5-13-29)7-10-24(19)35-25-11-14-30-26(32-25)31-23-9-8-21-12-15-33(18-22(21)17-23)27(34)36-28(2,3)4/h5-11,14,16-17H,12,15,18H2,1-4H3,(H,30,31,32)/b6-5+. The molecule has 2 aromatic carbocycles. The minimum atomic E-state index is -0.528. The van der Waals surface area contributed by atoms with Crippen LogP contribution in [0.5, 0.6) is 11.6 Å². The van der Waals surface area contributed by atoms with Crippen LogP contribution in [0.4, 0.5) is 16.4 Å². The molecule has 0 bridgehead atoms. The van der Waals surface area contributed by atoms with Crippen molar-refractivity contribution >= 4 is 23.8 Å². The van der Waals surface area contributed by atoms with Gasteiger partial charge < -0.3 is 19.7 Å². The molecule has 0 atom stereocenters. The molecular formula is C28H29N5O3. The van der Waals surface area contributed by atoms with E-state index < -0.39 is 5.60 Å². The minimum absolute atomic E-state index is 0.302. The van der Waals surface area contributed by atoms with Crippen LogP contribution >= 0.6 is 0 Å². The third-order valence-electron chi connectivity index (χ3n) is 5.52. The number of nitrogens with one attached hydrogen (secondary N) is 1. The normalized spacial score (nSPS) is 13.1. The summed E-state index contributed by atoms with van der Waals surface area (Å²) in [7, 11) is 0. The van der Waals surface area contributed by atoms with Gasteiger partial charge in [0.1, 0.15) is 11.4 Å². The Morgan fingerprint density at radius 2 is 2.00 bits per heavy atom. The van der Waals surface area contributed by atoms with E-state index in [1.807, 2.05) is 64.1 Å². The Hall–Kier alpha value is -4.38. The number of aryl methyl sites for hydroxylation is 1. The van der Waals surface area contributed by atoms with E-state index in [1.54, 1.807) is 23.2 Å². The van der Waals surface area contributed by atoms with E-state index in [0.29, 0.717) is 30.7 Å². The molecule has 3 aromatic rings. The fraction of sp³-hybridized carbons (Fsp3) is 0.286. The summed E-state index contributed by atoms with van der Waals surface area (Å²) in [6.07, 6.45) is 5.29. The lowest BCUT2D eigenvalue weighted by Crippen LogP contribution is -2.39. The van der Waals surface area contributed by atoms with E-state index in [9.17, 15) is 4.79 Å². The molecule has 0 fully saturated rings. The lowest BCUT2D eigenvalue weighted by Gasteiger charge is -2.31. The molecule has 4 rings (SSSR count). The zero-order valence-electron chi connectivity index (χ0n) is 20.9. The maximum Gasteiger partial charge on any atom is 0.410 e. The number of hydrogen-bond donors (Lipinski definition) is 1. The van der Waals surface area contributed by atoms with Crippen molar-refractivity contribution in [3.05, 3.63) is 77.0 Å². The molecule has 1 aromatic heterocycles. The molecule has 1 aliphatic rings. The van der Waals surface area contributed by atoms with E-state index >= 15 is 0 Å². The van der Waals surface area contributed by atoms with Gasteiger partial charge in [0.2, 0.25) is 11.8 Å². The Kier molecular flexibility index (Phi) is 7.20. The monoisotopic (exact) mass is 483 g/mol. The first kappa shape index (κ1) is 24.7. The van der Waals surface area contributed by atoms with Crippen LogP contribution in [-0.2, 0) is 17.7 Å². The van der Waals surface area contributed by atoms with Crippen LogP contribution in [0.3, 0.4) is 0 Å². The molecule has 1 amide bonds. The van der Waals surface area contributed by atoms with E-state index in [2.05, 4.69) is 21.4 Å². The molecule has 2 heterocycles. The molecule has 0 radical (unpaired) electrons. The number of aromatic nitrogens is 2. The van der Waals surface area contributed by atoms with Gasteiger partial charge in [-0.1, -0.05) is 12.1 Å². The summed E-state index contributed by atoms with van der Waals surface area (Å²) in [4.78, 5) is 23.0. The highest BCUT2D eigenvalue weighted by molar-refractivity contribution is 5.69. The van der Waals surface area contributed by atoms with Crippen LogP contribution < -0.4 is 10.1 Å². The highest BCUT2D eigenvalue weighted by atomic mass is 16.6. The van der Waals surface area contributed by atoms with Crippen molar-refractivity contribution < 1.29 is 14.3 Å². The Balaban J connectivity index is 1.45. The number of ether oxygens (including phenoxy) is 2. The summed E-state index contributed by atoms with van der Waals surface area (Å²) in [5.41, 5.74) is 4.41. The predicted molar refractivity (Wildman–Crippen MR) is 138 cm³/mol. The Bertz CT molecular complexity index is 1340. The molecule has 1 aliphatic heterocycles. The maximum atomic E-state index is 12.5. The molecule has 0 unspecified atom stereocenters. The van der Waals surface area contributed by atoms with Gasteiger partial charge in [-0.2, -0.15) is 10.2 Å². The number of amides is 1. The second-order valence-electron chi connectivity index (χ2n) is 9.57. The average Bonchev–Trinajstić information content (AvgIpc) is 2.83. The number of nitriles is 1. The van der Waals surface area contributed by atoms with Gasteiger partial charge in [-0.3, -0.25) is 0 Å². The first-order valence-corrected chi connectivity index (χ1v) is 11.7. The molecule has 0 aliphatic carbocycles. The van der Waals surface area contributed by atoms with Crippen LogP contribution in [0, 0.1) is 18.3 Å². The number of rotatable bonds is 5. The fourth-order valence-electron chi connectivity index (χ4n) is 3.84. The largest absolute Gasteiger partial charge is 0.444 e. The highest BCUT2D eigenvalue weighted by Crippen LogP contribution is 2.28. The molecule has 8 heteroatoms. The number of allylic oxidation sites excluding steroid dienone is 1. The summed E-state index contributed by atoms with van der Waals surface area (Å²) in [5, 5.41) is 11.9. The number of carbonyl (C=O) groups is 1. The molecule has 36 heavy (non-hydrogen) atoms. The van der Waals surface area contributed by atoms with Gasteiger partial charge in [0.05, 0.1) is 6.07 Å². The van der Waals surface area contributed by atoms with E-state index in [4.69, 9.17) is 14.7 Å². The number of carbonyl (C=O) groups excluding carboxylic acids is 1. The summed E-state index contributed by atoms with van der Waals surface area (Å²) in [6, 6.07) is 15.4. The highest BCUT2D eigenvalue weighted by Gasteiger charge is 2.25. The van der Waals surface area contributed by atoms with Crippen LogP contribution in [0.2, 0.25) is 0 Å². The first-order chi connectivity index (χ1) is 17.2. The van der Waals surface area contributed by atoms with Crippen molar-refractivity contribution in [1.82, 2.24) is 14.9 Å². The number of anilines is 2. The lowest BCUT2D eigenvalue weighted by atomic mass is 9.99. The topological polar surface area (TPSA) is 100 Å². The predicted octanol–water partition coefficient (Wildman–Crippen LogP) is 6.15. The Morgan fingerprint density at radius 3 is 2.75 bits per heavy atom. The average molecular weight is 484 g/mol. The summed E-state index contributed by atoms with van der Waals surface area (Å²) in [5.74, 6) is 1.48. The van der Waals surface area contributed by atoms with Gasteiger partial charge in [-0.25, -0.2) is 9.78 Å². The molecule has 0 saturated heterocycles. The number of nitrogens with zero attached hydrogens (tertiary/aromatic N) is 4. The molecule has 0 saturated carbocycles. The molecule has 0 spiro atoms. The number of benzene rings is 2. The van der Waals surface area contributed by atoms with Crippen molar-refractivity contribution in [3.8, 4) is 17.7 Å². The molecule has 184 valence electrons. The van der Waals surface area contributed by atoms with Crippen molar-refractivity contribution in [2.45, 2.75) is 46.3 Å². The molecule has 1 N–H and O–H groups in total. The van der Waals surface area contributed by atoms with E-state index in [1.165, 1.54) is 11.6 Å². The summed E-state index contributed by atoms with van der Waals surface area (Å²) >= 11 is 0. The second-order valence-corrected chi connectivity index (χ2v) is 9.57. The SMILES string of the molecule is Cc1cc(/C=C/C#N)ccc1Oc1ccnc(Nc2ccc3c(c2)CN(C(=O)OC(C)(C)C)CC3)n1. The van der Waals surface area contributed by atoms with Gasteiger partial charge in [0.25, 0.3) is 0 Å². The van der Waals surface area contributed by atoms with Gasteiger partial charge in [-0.15, -0.1) is 0 Å². The Labute approximate surface area is 211 Å². The van der Waals surface area contributed by atoms with Gasteiger partial charge in [0, 0.05) is 37.1 Å². The van der Waals surface area contributed by atoms with Crippen molar-refractivity contribution in [1.29, 1.82) is 5.26 Å². The van der Waals surface area contributed by atoms with Crippen molar-refractivity contribution in [2.24, 2.45) is 0 Å². The van der Waals surface area contributed by atoms with Crippen LogP contribution in [0.25, 0.3) is 6.08 Å².